The maximum Gasteiger partial charge on any atom is 0.221 e. The first-order chi connectivity index (χ1) is 19.5. The van der Waals surface area contributed by atoms with Crippen LogP contribution in [0.3, 0.4) is 0 Å². The Bertz CT molecular complexity index is 947. The van der Waals surface area contributed by atoms with Crippen LogP contribution in [0.2, 0.25) is 0 Å². The Morgan fingerprint density at radius 2 is 1.61 bits per heavy atom. The zero-order chi connectivity index (χ0) is 29.9. The fraction of sp³-hybridized carbons (Fsp3) is 0.906. The second-order valence-corrected chi connectivity index (χ2v) is 14.4. The lowest BCUT2D eigenvalue weighted by Crippen LogP contribution is -2.67. The lowest BCUT2D eigenvalue weighted by atomic mass is 9.42. The van der Waals surface area contributed by atoms with Crippen molar-refractivity contribution in [2.75, 3.05) is 19.7 Å². The van der Waals surface area contributed by atoms with Gasteiger partial charge in [-0.3, -0.25) is 14.4 Å². The highest BCUT2D eigenvalue weighted by atomic mass is 16.3. The number of aliphatic hydroxyl groups excluding tert-OH is 1. The number of hydrogen-bond acceptors (Lipinski definition) is 6. The van der Waals surface area contributed by atoms with Crippen molar-refractivity contribution in [3.05, 3.63) is 0 Å². The van der Waals surface area contributed by atoms with Gasteiger partial charge in [0.2, 0.25) is 17.7 Å². The predicted molar refractivity (Wildman–Crippen MR) is 160 cm³/mol. The number of nitrogens with one attached hydrogen (secondary N) is 3. The average Bonchev–Trinajstić information content (AvgIpc) is 3.26. The fourth-order valence-electron chi connectivity index (χ4n) is 10.4. The molecule has 234 valence electrons. The number of aliphatic hydroxyl groups is 1. The molecule has 4 saturated carbocycles. The molecule has 0 heterocycles. The summed E-state index contributed by atoms with van der Waals surface area (Å²) in [5, 5.41) is 19.7. The van der Waals surface area contributed by atoms with E-state index in [2.05, 4.69) is 36.7 Å². The van der Waals surface area contributed by atoms with Gasteiger partial charge in [-0.25, -0.2) is 0 Å². The van der Waals surface area contributed by atoms with Crippen molar-refractivity contribution >= 4 is 17.7 Å². The lowest BCUT2D eigenvalue weighted by molar-refractivity contribution is -0.153. The molecule has 0 aromatic rings. The molecule has 0 saturated heterocycles. The van der Waals surface area contributed by atoms with Gasteiger partial charge in [-0.05, 0) is 104 Å². The highest BCUT2D eigenvalue weighted by Gasteiger charge is 2.66. The number of rotatable bonds is 11. The molecule has 11 atom stereocenters. The summed E-state index contributed by atoms with van der Waals surface area (Å²) in [6.45, 7) is 9.71. The minimum Gasteiger partial charge on any atom is -0.396 e. The Balaban J connectivity index is 1.69. The second-order valence-electron chi connectivity index (χ2n) is 14.4. The van der Waals surface area contributed by atoms with E-state index < -0.39 is 0 Å². The first-order valence-electron chi connectivity index (χ1n) is 16.4. The summed E-state index contributed by atoms with van der Waals surface area (Å²) >= 11 is 0. The Morgan fingerprint density at radius 3 is 2.24 bits per heavy atom. The number of carbonyl (C=O) groups excluding carboxylic acids is 3. The summed E-state index contributed by atoms with van der Waals surface area (Å²) in [5.74, 6) is 2.46. The first kappa shape index (κ1) is 32.2. The van der Waals surface area contributed by atoms with E-state index in [1.54, 1.807) is 6.92 Å². The molecule has 9 heteroatoms. The van der Waals surface area contributed by atoms with Crippen LogP contribution in [0.15, 0.2) is 0 Å². The number of nitrogens with two attached hydrogens (primary N) is 2. The van der Waals surface area contributed by atoms with Gasteiger partial charge in [-0.2, -0.15) is 0 Å². The number of carbonyl (C=O) groups is 3. The van der Waals surface area contributed by atoms with Crippen LogP contribution in [0.5, 0.6) is 0 Å². The third kappa shape index (κ3) is 6.32. The van der Waals surface area contributed by atoms with Gasteiger partial charge in [0.15, 0.2) is 0 Å². The molecule has 4 fully saturated rings. The zero-order valence-corrected chi connectivity index (χ0v) is 25.9. The highest BCUT2D eigenvalue weighted by Crippen LogP contribution is 2.68. The number of hydrogen-bond donors (Lipinski definition) is 6. The van der Waals surface area contributed by atoms with Crippen LogP contribution in [-0.2, 0) is 14.4 Å². The lowest BCUT2D eigenvalue weighted by Gasteiger charge is -2.65. The van der Waals surface area contributed by atoms with Gasteiger partial charge in [-0.15, -0.1) is 0 Å². The highest BCUT2D eigenvalue weighted by molar-refractivity contribution is 5.77. The van der Waals surface area contributed by atoms with Crippen LogP contribution >= 0.6 is 0 Å². The van der Waals surface area contributed by atoms with Gasteiger partial charge >= 0.3 is 0 Å². The van der Waals surface area contributed by atoms with E-state index in [-0.39, 0.29) is 53.3 Å². The van der Waals surface area contributed by atoms with Crippen molar-refractivity contribution in [1.29, 1.82) is 0 Å². The van der Waals surface area contributed by atoms with Gasteiger partial charge < -0.3 is 32.5 Å². The molecule has 8 N–H and O–H groups in total. The van der Waals surface area contributed by atoms with Crippen molar-refractivity contribution in [2.24, 2.45) is 57.8 Å². The van der Waals surface area contributed by atoms with Crippen molar-refractivity contribution in [3.8, 4) is 0 Å². The molecule has 0 radical (unpaired) electrons. The second kappa shape index (κ2) is 13.3. The van der Waals surface area contributed by atoms with Gasteiger partial charge in [0.1, 0.15) is 0 Å². The van der Waals surface area contributed by atoms with Gasteiger partial charge in [0.25, 0.3) is 0 Å². The molecule has 41 heavy (non-hydrogen) atoms. The Hall–Kier alpha value is -1.71. The summed E-state index contributed by atoms with van der Waals surface area (Å²) in [7, 11) is 0. The molecule has 0 bridgehead atoms. The maximum atomic E-state index is 13.1. The Labute approximate surface area is 247 Å². The molecule has 0 spiro atoms. The van der Waals surface area contributed by atoms with Gasteiger partial charge in [0.05, 0.1) is 0 Å². The molecule has 0 aliphatic heterocycles. The topological polar surface area (TPSA) is 160 Å². The summed E-state index contributed by atoms with van der Waals surface area (Å²) in [6.07, 6.45) is 9.40. The molecule has 0 aromatic carbocycles. The maximum absolute atomic E-state index is 13.1. The fourth-order valence-corrected chi connectivity index (χ4v) is 10.4. The van der Waals surface area contributed by atoms with Crippen LogP contribution in [-0.4, -0.2) is 60.6 Å². The SMILES string of the molecule is CC(=O)NC1CC2C[C@H](NC(=O)CCN)CC[C@]2(C)[C@H]2C[C@H](NC(=O)CCN)[C@]3(C)[C@@H]([C@H](C)CCCO)CC[C@H]3C12. The molecule has 9 nitrogen and oxygen atoms in total. The van der Waals surface area contributed by atoms with Crippen molar-refractivity contribution in [3.63, 3.8) is 0 Å². The van der Waals surface area contributed by atoms with Crippen molar-refractivity contribution < 1.29 is 19.5 Å². The zero-order valence-electron chi connectivity index (χ0n) is 25.9. The van der Waals surface area contributed by atoms with Crippen molar-refractivity contribution in [1.82, 2.24) is 16.0 Å². The van der Waals surface area contributed by atoms with Crippen LogP contribution < -0.4 is 27.4 Å². The third-order valence-electron chi connectivity index (χ3n) is 12.3. The first-order valence-corrected chi connectivity index (χ1v) is 16.4. The van der Waals surface area contributed by atoms with Crippen LogP contribution in [0.25, 0.3) is 0 Å². The van der Waals surface area contributed by atoms with Crippen LogP contribution in [0.1, 0.15) is 98.3 Å². The molecular formula is C32H57N5O4. The molecule has 4 aliphatic rings. The summed E-state index contributed by atoms with van der Waals surface area (Å²) < 4.78 is 0. The molecule has 4 aliphatic carbocycles. The number of amides is 3. The third-order valence-corrected chi connectivity index (χ3v) is 12.3. The smallest absolute Gasteiger partial charge is 0.221 e. The quantitative estimate of drug-likeness (QED) is 0.222. The van der Waals surface area contributed by atoms with E-state index in [1.807, 2.05) is 0 Å². The van der Waals surface area contributed by atoms with E-state index in [0.717, 1.165) is 57.8 Å². The van der Waals surface area contributed by atoms with E-state index in [1.165, 1.54) is 0 Å². The minimum absolute atomic E-state index is 0.0203. The van der Waals surface area contributed by atoms with E-state index in [4.69, 9.17) is 11.5 Å². The Kier molecular flexibility index (Phi) is 10.4. The van der Waals surface area contributed by atoms with Crippen molar-refractivity contribution in [2.45, 2.75) is 116 Å². The molecule has 0 aromatic heterocycles. The largest absolute Gasteiger partial charge is 0.396 e. The van der Waals surface area contributed by atoms with E-state index >= 15 is 0 Å². The standard InChI is InChI=1S/C32H57N5O4/c1-19(6-5-15-38)23-7-8-24-30-25(18-27(32(23,24)4)37-29(41)11-14-34)31(3)12-9-22(36-28(40)10-13-33)16-21(31)17-26(30)35-20(2)39/h19,21-27,30,38H,5-18,33-34H2,1-4H3,(H,35,39)(H,36,40)(H,37,41)/t19-,21?,22-,23-,24+,25+,26?,27+,30?,31+,32-/m1/s1. The summed E-state index contributed by atoms with van der Waals surface area (Å²) in [6, 6.07) is 0.275. The van der Waals surface area contributed by atoms with Crippen LogP contribution in [0, 0.1) is 46.3 Å². The number of fused-ring (bicyclic) bond motifs is 5. The molecule has 4 rings (SSSR count). The van der Waals surface area contributed by atoms with Crippen LogP contribution in [0.4, 0.5) is 0 Å². The Morgan fingerprint density at radius 1 is 0.927 bits per heavy atom. The summed E-state index contributed by atoms with van der Waals surface area (Å²) in [5.41, 5.74) is 11.4. The average molecular weight is 576 g/mol. The molecular weight excluding hydrogens is 518 g/mol. The van der Waals surface area contributed by atoms with E-state index in [9.17, 15) is 19.5 Å². The van der Waals surface area contributed by atoms with Gasteiger partial charge in [-0.1, -0.05) is 20.8 Å². The molecule has 3 unspecified atom stereocenters. The molecule has 3 amide bonds. The monoisotopic (exact) mass is 575 g/mol. The normalized spacial score (nSPS) is 40.5. The van der Waals surface area contributed by atoms with Gasteiger partial charge in [0, 0.05) is 57.6 Å². The minimum atomic E-state index is -0.0897. The summed E-state index contributed by atoms with van der Waals surface area (Å²) in [4.78, 5) is 38.1. The predicted octanol–water partition coefficient (Wildman–Crippen LogP) is 2.45. The van der Waals surface area contributed by atoms with E-state index in [0.29, 0.717) is 61.4 Å².